The van der Waals surface area contributed by atoms with E-state index in [2.05, 4.69) is 10.6 Å². The molecule has 1 aromatic heterocycles. The molecule has 0 aliphatic carbocycles. The molecule has 1 heterocycles. The lowest BCUT2D eigenvalue weighted by Crippen LogP contribution is -2.18. The summed E-state index contributed by atoms with van der Waals surface area (Å²) in [5.74, 6) is -0.692. The van der Waals surface area contributed by atoms with E-state index in [4.69, 9.17) is 23.2 Å². The highest BCUT2D eigenvalue weighted by molar-refractivity contribution is 7.21. The molecule has 3 aromatic carbocycles. The molecule has 7 heteroatoms. The topological polar surface area (TPSA) is 58.2 Å². The van der Waals surface area contributed by atoms with E-state index in [1.807, 2.05) is 37.3 Å². The molecule has 0 bridgehead atoms. The van der Waals surface area contributed by atoms with Crippen LogP contribution in [0.3, 0.4) is 0 Å². The molecule has 0 spiro atoms. The lowest BCUT2D eigenvalue weighted by atomic mass is 10.1. The van der Waals surface area contributed by atoms with Crippen molar-refractivity contribution in [2.75, 3.05) is 10.6 Å². The number of fused-ring (bicyclic) bond motifs is 1. The van der Waals surface area contributed by atoms with Crippen LogP contribution in [0.2, 0.25) is 10.0 Å². The van der Waals surface area contributed by atoms with Gasteiger partial charge in [-0.15, -0.1) is 11.3 Å². The number of rotatable bonds is 4. The second-order valence-electron chi connectivity index (χ2n) is 6.71. The van der Waals surface area contributed by atoms with Gasteiger partial charge in [-0.25, -0.2) is 0 Å². The van der Waals surface area contributed by atoms with Crippen molar-refractivity contribution in [3.63, 3.8) is 0 Å². The Morgan fingerprint density at radius 1 is 0.867 bits per heavy atom. The molecule has 4 nitrogen and oxygen atoms in total. The molecule has 0 unspecified atom stereocenters. The number of aryl methyl sites for hydroxylation is 1. The van der Waals surface area contributed by atoms with Gasteiger partial charge >= 0.3 is 0 Å². The number of benzene rings is 3. The van der Waals surface area contributed by atoms with E-state index >= 15 is 0 Å². The minimum absolute atomic E-state index is 0.338. The number of halogens is 2. The second kappa shape index (κ2) is 8.48. The SMILES string of the molecule is Cc1ccc(C(=O)Nc2ccc(Cl)cc2)c(NC(=O)c2sc3ccccc3c2Cl)c1. The molecular formula is C23H16Cl2N2O2S. The summed E-state index contributed by atoms with van der Waals surface area (Å²) in [6.07, 6.45) is 0. The van der Waals surface area contributed by atoms with E-state index in [0.717, 1.165) is 15.6 Å². The van der Waals surface area contributed by atoms with Gasteiger partial charge < -0.3 is 10.6 Å². The summed E-state index contributed by atoms with van der Waals surface area (Å²) in [5, 5.41) is 7.49. The summed E-state index contributed by atoms with van der Waals surface area (Å²) in [6, 6.07) is 19.6. The van der Waals surface area contributed by atoms with Crippen LogP contribution in [0.1, 0.15) is 25.6 Å². The van der Waals surface area contributed by atoms with Crippen LogP contribution in [0.25, 0.3) is 10.1 Å². The van der Waals surface area contributed by atoms with Crippen molar-refractivity contribution in [2.24, 2.45) is 0 Å². The highest BCUT2D eigenvalue weighted by atomic mass is 35.5. The molecule has 0 fully saturated rings. The predicted molar refractivity (Wildman–Crippen MR) is 125 cm³/mol. The Bertz CT molecular complexity index is 1270. The number of hydrogen-bond acceptors (Lipinski definition) is 3. The molecule has 0 atom stereocenters. The fourth-order valence-electron chi connectivity index (χ4n) is 3.03. The van der Waals surface area contributed by atoms with Gasteiger partial charge in [0, 0.05) is 20.8 Å². The molecule has 4 rings (SSSR count). The Balaban J connectivity index is 1.62. The van der Waals surface area contributed by atoms with Crippen LogP contribution >= 0.6 is 34.5 Å². The third-order valence-corrected chi connectivity index (χ3v) is 6.44. The summed E-state index contributed by atoms with van der Waals surface area (Å²) in [6.45, 7) is 1.89. The van der Waals surface area contributed by atoms with Crippen molar-refractivity contribution in [1.82, 2.24) is 0 Å². The van der Waals surface area contributed by atoms with Gasteiger partial charge in [-0.1, -0.05) is 47.5 Å². The summed E-state index contributed by atoms with van der Waals surface area (Å²) in [4.78, 5) is 26.2. The molecule has 0 aliphatic rings. The third kappa shape index (κ3) is 4.19. The number of carbonyl (C=O) groups is 2. The Morgan fingerprint density at radius 3 is 2.33 bits per heavy atom. The van der Waals surface area contributed by atoms with E-state index in [9.17, 15) is 9.59 Å². The van der Waals surface area contributed by atoms with E-state index in [1.54, 1.807) is 36.4 Å². The summed E-state index contributed by atoms with van der Waals surface area (Å²) in [5.41, 5.74) is 2.28. The van der Waals surface area contributed by atoms with Gasteiger partial charge in [0.2, 0.25) is 0 Å². The third-order valence-electron chi connectivity index (χ3n) is 4.51. The predicted octanol–water partition coefficient (Wildman–Crippen LogP) is 7.02. The van der Waals surface area contributed by atoms with Crippen molar-refractivity contribution in [3.05, 3.63) is 92.8 Å². The Morgan fingerprint density at radius 2 is 1.60 bits per heavy atom. The van der Waals surface area contributed by atoms with Gasteiger partial charge in [-0.3, -0.25) is 9.59 Å². The Hall–Kier alpha value is -2.86. The summed E-state index contributed by atoms with van der Waals surface area (Å²) < 4.78 is 0.928. The normalized spacial score (nSPS) is 10.8. The summed E-state index contributed by atoms with van der Waals surface area (Å²) >= 11 is 13.6. The zero-order chi connectivity index (χ0) is 21.3. The average Bonchev–Trinajstić information content (AvgIpc) is 3.07. The first-order valence-electron chi connectivity index (χ1n) is 9.08. The standard InChI is InChI=1S/C23H16Cl2N2O2S/c1-13-6-11-16(22(28)26-15-9-7-14(24)8-10-15)18(12-13)27-23(29)21-20(25)17-4-2-3-5-19(17)30-21/h2-12H,1H3,(H,26,28)(H,27,29). The largest absolute Gasteiger partial charge is 0.322 e. The zero-order valence-electron chi connectivity index (χ0n) is 15.8. The Kier molecular flexibility index (Phi) is 5.77. The number of amides is 2. The Labute approximate surface area is 187 Å². The maximum absolute atomic E-state index is 13.0. The number of thiophene rings is 1. The van der Waals surface area contributed by atoms with Gasteiger partial charge in [-0.2, -0.15) is 0 Å². The van der Waals surface area contributed by atoms with Crippen molar-refractivity contribution in [1.29, 1.82) is 0 Å². The second-order valence-corrected chi connectivity index (χ2v) is 8.57. The molecule has 4 aromatic rings. The van der Waals surface area contributed by atoms with Crippen LogP contribution in [0.4, 0.5) is 11.4 Å². The lowest BCUT2D eigenvalue weighted by Gasteiger charge is -2.12. The van der Waals surface area contributed by atoms with Gasteiger partial charge in [-0.05, 0) is 55.0 Å². The number of nitrogens with one attached hydrogen (secondary N) is 2. The first-order chi connectivity index (χ1) is 14.4. The quantitative estimate of drug-likeness (QED) is 0.347. The minimum Gasteiger partial charge on any atom is -0.322 e. The highest BCUT2D eigenvalue weighted by Gasteiger charge is 2.20. The van der Waals surface area contributed by atoms with Gasteiger partial charge in [0.15, 0.2) is 0 Å². The molecule has 0 aliphatic heterocycles. The first kappa shape index (κ1) is 20.4. The van der Waals surface area contributed by atoms with Crippen molar-refractivity contribution >= 4 is 67.8 Å². The van der Waals surface area contributed by atoms with E-state index in [0.29, 0.717) is 31.9 Å². The molecule has 2 amide bonds. The average molecular weight is 455 g/mol. The number of hydrogen-bond donors (Lipinski definition) is 2. The van der Waals surface area contributed by atoms with Crippen LogP contribution in [-0.2, 0) is 0 Å². The van der Waals surface area contributed by atoms with Crippen LogP contribution in [0, 0.1) is 6.92 Å². The molecular weight excluding hydrogens is 439 g/mol. The fourth-order valence-corrected chi connectivity index (χ4v) is 4.57. The number of anilines is 2. The smallest absolute Gasteiger partial charge is 0.267 e. The molecule has 0 radical (unpaired) electrons. The van der Waals surface area contributed by atoms with Crippen LogP contribution < -0.4 is 10.6 Å². The van der Waals surface area contributed by atoms with E-state index in [1.165, 1.54) is 11.3 Å². The van der Waals surface area contributed by atoms with Crippen LogP contribution in [0.5, 0.6) is 0 Å². The molecule has 0 saturated carbocycles. The van der Waals surface area contributed by atoms with Crippen LogP contribution in [0.15, 0.2) is 66.7 Å². The highest BCUT2D eigenvalue weighted by Crippen LogP contribution is 2.35. The fraction of sp³-hybridized carbons (Fsp3) is 0.0435. The lowest BCUT2D eigenvalue weighted by molar-refractivity contribution is 0.102. The molecule has 30 heavy (non-hydrogen) atoms. The first-order valence-corrected chi connectivity index (χ1v) is 10.7. The van der Waals surface area contributed by atoms with E-state index in [-0.39, 0.29) is 11.8 Å². The van der Waals surface area contributed by atoms with Crippen LogP contribution in [-0.4, -0.2) is 11.8 Å². The van der Waals surface area contributed by atoms with Gasteiger partial charge in [0.1, 0.15) is 4.88 Å². The maximum Gasteiger partial charge on any atom is 0.267 e. The number of carbonyl (C=O) groups excluding carboxylic acids is 2. The zero-order valence-corrected chi connectivity index (χ0v) is 18.2. The molecule has 0 saturated heterocycles. The van der Waals surface area contributed by atoms with Crippen molar-refractivity contribution in [2.45, 2.75) is 6.92 Å². The monoisotopic (exact) mass is 454 g/mol. The minimum atomic E-state index is -0.354. The van der Waals surface area contributed by atoms with Gasteiger partial charge in [0.25, 0.3) is 11.8 Å². The molecule has 2 N–H and O–H groups in total. The van der Waals surface area contributed by atoms with Gasteiger partial charge in [0.05, 0.1) is 16.3 Å². The van der Waals surface area contributed by atoms with E-state index < -0.39 is 0 Å². The molecule has 150 valence electrons. The van der Waals surface area contributed by atoms with Crippen molar-refractivity contribution in [3.8, 4) is 0 Å². The summed E-state index contributed by atoms with van der Waals surface area (Å²) in [7, 11) is 0. The van der Waals surface area contributed by atoms with Crippen molar-refractivity contribution < 1.29 is 9.59 Å². The maximum atomic E-state index is 13.0.